The Hall–Kier alpha value is -2.57. The fourth-order valence-electron chi connectivity index (χ4n) is 5.19. The summed E-state index contributed by atoms with van der Waals surface area (Å²) < 4.78 is 13.5. The van der Waals surface area contributed by atoms with Crippen LogP contribution in [-0.4, -0.2) is 46.7 Å². The number of nitrogens with zero attached hydrogens (tertiary/aromatic N) is 3. The van der Waals surface area contributed by atoms with Gasteiger partial charge in [0.2, 0.25) is 0 Å². The molecule has 7 heteroatoms. The Balaban J connectivity index is 1.28. The highest BCUT2D eigenvalue weighted by Crippen LogP contribution is 2.26. The molecular weight excluding hydrogens is 486 g/mol. The monoisotopic (exact) mass is 525 g/mol. The maximum absolute atomic E-state index is 11.9. The van der Waals surface area contributed by atoms with Crippen molar-refractivity contribution in [1.82, 2.24) is 14.5 Å². The second kappa shape index (κ2) is 13.3. The lowest BCUT2D eigenvalue weighted by atomic mass is 9.92. The van der Waals surface area contributed by atoms with Crippen molar-refractivity contribution in [3.63, 3.8) is 0 Å². The first kappa shape index (κ1) is 27.5. The molecule has 200 valence electrons. The van der Waals surface area contributed by atoms with Crippen LogP contribution in [0, 0.1) is 18.8 Å². The molecule has 1 saturated heterocycles. The molecule has 2 aromatic carbocycles. The average molecular weight is 526 g/mol. The number of para-hydroxylation sites is 1. The Kier molecular flexibility index (Phi) is 9.87. The molecule has 6 nitrogen and oxygen atoms in total. The normalized spacial score (nSPS) is 15.7. The van der Waals surface area contributed by atoms with E-state index in [-0.39, 0.29) is 11.9 Å². The summed E-state index contributed by atoms with van der Waals surface area (Å²) in [4.78, 5) is 19.3. The SMILES string of the molecule is CCOC(=O)C(C)CCN1CCC(CCCn2c(COc3ccc(Cl)cc3)nc3c(C)cccc32)CC1. The number of esters is 1. The molecule has 0 bridgehead atoms. The number of halogens is 1. The third-order valence-electron chi connectivity index (χ3n) is 7.51. The summed E-state index contributed by atoms with van der Waals surface area (Å²) in [6, 6.07) is 13.9. The highest BCUT2D eigenvalue weighted by atomic mass is 35.5. The van der Waals surface area contributed by atoms with E-state index in [1.165, 1.54) is 30.3 Å². The average Bonchev–Trinajstić information content (AvgIpc) is 3.26. The Morgan fingerprint density at radius 2 is 1.89 bits per heavy atom. The molecule has 37 heavy (non-hydrogen) atoms. The summed E-state index contributed by atoms with van der Waals surface area (Å²) in [5.74, 6) is 2.42. The standard InChI is InChI=1S/C30H40ClN3O3/c1-4-36-30(35)23(3)14-18-33-19-15-24(16-20-33)8-6-17-34-27-9-5-7-22(2)29(27)32-28(34)21-37-26-12-10-25(31)11-13-26/h5,7,9-13,23-24H,4,6,8,14-21H2,1-3H3. The van der Waals surface area contributed by atoms with Crippen molar-refractivity contribution < 1.29 is 14.3 Å². The number of fused-ring (bicyclic) bond motifs is 1. The van der Waals surface area contributed by atoms with Gasteiger partial charge in [0.25, 0.3) is 0 Å². The van der Waals surface area contributed by atoms with Gasteiger partial charge < -0.3 is 18.9 Å². The minimum absolute atomic E-state index is 0.0239. The quantitative estimate of drug-likeness (QED) is 0.247. The van der Waals surface area contributed by atoms with Gasteiger partial charge in [0, 0.05) is 11.6 Å². The van der Waals surface area contributed by atoms with Crippen molar-refractivity contribution in [1.29, 1.82) is 0 Å². The maximum Gasteiger partial charge on any atom is 0.308 e. The highest BCUT2D eigenvalue weighted by Gasteiger charge is 2.21. The Bertz CT molecular complexity index is 1150. The minimum atomic E-state index is -0.0717. The molecule has 0 spiro atoms. The molecule has 0 aliphatic carbocycles. The van der Waals surface area contributed by atoms with Crippen LogP contribution in [0.3, 0.4) is 0 Å². The molecule has 0 saturated carbocycles. The summed E-state index contributed by atoms with van der Waals surface area (Å²) in [5, 5.41) is 0.701. The van der Waals surface area contributed by atoms with E-state index in [9.17, 15) is 4.79 Å². The Morgan fingerprint density at radius 3 is 2.62 bits per heavy atom. The largest absolute Gasteiger partial charge is 0.486 e. The smallest absolute Gasteiger partial charge is 0.308 e. The fraction of sp³-hybridized carbons (Fsp3) is 0.533. The first-order valence-electron chi connectivity index (χ1n) is 13.7. The zero-order valence-electron chi connectivity index (χ0n) is 22.4. The zero-order valence-corrected chi connectivity index (χ0v) is 23.2. The van der Waals surface area contributed by atoms with E-state index < -0.39 is 0 Å². The molecule has 1 aromatic heterocycles. The van der Waals surface area contributed by atoms with Crippen molar-refractivity contribution >= 4 is 28.6 Å². The summed E-state index contributed by atoms with van der Waals surface area (Å²) in [5.41, 5.74) is 3.43. The molecule has 1 fully saturated rings. The summed E-state index contributed by atoms with van der Waals surface area (Å²) >= 11 is 6.01. The summed E-state index contributed by atoms with van der Waals surface area (Å²) in [7, 11) is 0. The predicted molar refractivity (Wildman–Crippen MR) is 149 cm³/mol. The van der Waals surface area contributed by atoms with E-state index in [0.717, 1.165) is 62.0 Å². The number of hydrogen-bond acceptors (Lipinski definition) is 5. The maximum atomic E-state index is 11.9. The number of aromatic nitrogens is 2. The molecule has 0 N–H and O–H groups in total. The lowest BCUT2D eigenvalue weighted by Gasteiger charge is -2.32. The van der Waals surface area contributed by atoms with Gasteiger partial charge in [0.1, 0.15) is 18.2 Å². The van der Waals surface area contributed by atoms with E-state index in [4.69, 9.17) is 26.1 Å². The zero-order chi connectivity index (χ0) is 26.2. The van der Waals surface area contributed by atoms with Crippen LogP contribution in [0.1, 0.15) is 57.3 Å². The predicted octanol–water partition coefficient (Wildman–Crippen LogP) is 6.66. The first-order valence-corrected chi connectivity index (χ1v) is 14.0. The number of hydrogen-bond donors (Lipinski definition) is 0. The number of piperidine rings is 1. The number of likely N-dealkylation sites (tertiary alicyclic amines) is 1. The minimum Gasteiger partial charge on any atom is -0.486 e. The van der Waals surface area contributed by atoms with Crippen LogP contribution in [0.25, 0.3) is 11.0 Å². The van der Waals surface area contributed by atoms with E-state index in [2.05, 4.69) is 34.6 Å². The Labute approximate surface area is 225 Å². The number of aryl methyl sites for hydroxylation is 2. The van der Waals surface area contributed by atoms with E-state index >= 15 is 0 Å². The molecule has 2 heterocycles. The van der Waals surface area contributed by atoms with Crippen molar-refractivity contribution in [2.45, 2.75) is 66.0 Å². The summed E-state index contributed by atoms with van der Waals surface area (Å²) in [6.07, 6.45) is 5.67. The van der Waals surface area contributed by atoms with Crippen LogP contribution in [0.15, 0.2) is 42.5 Å². The molecular formula is C30H40ClN3O3. The number of carbonyl (C=O) groups excluding carboxylic acids is 1. The van der Waals surface area contributed by atoms with Crippen LogP contribution in [-0.2, 0) is 22.7 Å². The van der Waals surface area contributed by atoms with Gasteiger partial charge in [-0.15, -0.1) is 0 Å². The van der Waals surface area contributed by atoms with Crippen LogP contribution in [0.2, 0.25) is 5.02 Å². The van der Waals surface area contributed by atoms with Crippen molar-refractivity contribution in [3.05, 3.63) is 58.9 Å². The lowest BCUT2D eigenvalue weighted by Crippen LogP contribution is -2.35. The van der Waals surface area contributed by atoms with Gasteiger partial charge >= 0.3 is 5.97 Å². The molecule has 0 radical (unpaired) electrons. The molecule has 0 amide bonds. The van der Waals surface area contributed by atoms with Gasteiger partial charge in [-0.3, -0.25) is 4.79 Å². The van der Waals surface area contributed by atoms with E-state index in [1.807, 2.05) is 38.1 Å². The van der Waals surface area contributed by atoms with Crippen molar-refractivity contribution in [2.75, 3.05) is 26.2 Å². The number of imidazole rings is 1. The number of benzene rings is 2. The van der Waals surface area contributed by atoms with Gasteiger partial charge in [-0.2, -0.15) is 0 Å². The number of ether oxygens (including phenoxy) is 2. The van der Waals surface area contributed by atoms with Crippen molar-refractivity contribution in [2.24, 2.45) is 11.8 Å². The number of carbonyl (C=O) groups is 1. The van der Waals surface area contributed by atoms with Gasteiger partial charge in [0.05, 0.1) is 23.6 Å². The van der Waals surface area contributed by atoms with Gasteiger partial charge in [-0.25, -0.2) is 4.98 Å². The van der Waals surface area contributed by atoms with Crippen LogP contribution in [0.4, 0.5) is 0 Å². The van der Waals surface area contributed by atoms with E-state index in [0.29, 0.717) is 18.2 Å². The van der Waals surface area contributed by atoms with Crippen LogP contribution in [0.5, 0.6) is 5.75 Å². The van der Waals surface area contributed by atoms with Gasteiger partial charge in [-0.1, -0.05) is 30.7 Å². The topological polar surface area (TPSA) is 56.6 Å². The van der Waals surface area contributed by atoms with E-state index in [1.54, 1.807) is 0 Å². The second-order valence-electron chi connectivity index (χ2n) is 10.2. The fourth-order valence-corrected chi connectivity index (χ4v) is 5.31. The van der Waals surface area contributed by atoms with Gasteiger partial charge in [0.15, 0.2) is 0 Å². The third-order valence-corrected chi connectivity index (χ3v) is 7.76. The summed E-state index contributed by atoms with van der Waals surface area (Å²) in [6.45, 7) is 11.0. The number of rotatable bonds is 12. The molecule has 1 unspecified atom stereocenters. The highest BCUT2D eigenvalue weighted by molar-refractivity contribution is 6.30. The molecule has 3 aromatic rings. The van der Waals surface area contributed by atoms with Gasteiger partial charge in [-0.05, 0) is 107 Å². The third kappa shape index (κ3) is 7.48. The van der Waals surface area contributed by atoms with Crippen LogP contribution < -0.4 is 4.74 Å². The molecule has 1 aliphatic rings. The Morgan fingerprint density at radius 1 is 1.14 bits per heavy atom. The second-order valence-corrected chi connectivity index (χ2v) is 10.7. The molecule has 4 rings (SSSR count). The van der Waals surface area contributed by atoms with Crippen LogP contribution >= 0.6 is 11.6 Å². The lowest BCUT2D eigenvalue weighted by molar-refractivity contribution is -0.147. The molecule has 1 aliphatic heterocycles. The first-order chi connectivity index (χ1) is 17.9. The van der Waals surface area contributed by atoms with Crippen molar-refractivity contribution in [3.8, 4) is 5.75 Å². The molecule has 1 atom stereocenters.